The Balaban J connectivity index is 1.90. The molecule has 1 N–H and O–H groups in total. The molecule has 2 rings (SSSR count). The van der Waals surface area contributed by atoms with Gasteiger partial charge in [-0.2, -0.15) is 0 Å². The van der Waals surface area contributed by atoms with Gasteiger partial charge >= 0.3 is 0 Å². The summed E-state index contributed by atoms with van der Waals surface area (Å²) in [6, 6.07) is 18.4. The number of carbonyl (C=O) groups excluding carboxylic acids is 1. The number of carbonyl (C=O) groups is 1. The van der Waals surface area contributed by atoms with Crippen LogP contribution < -0.4 is 10.1 Å². The third kappa shape index (κ3) is 6.38. The van der Waals surface area contributed by atoms with Gasteiger partial charge in [-0.1, -0.05) is 77.1 Å². The predicted molar refractivity (Wildman–Crippen MR) is 116 cm³/mol. The molecule has 0 radical (unpaired) electrons. The molecule has 0 aliphatic carbocycles. The lowest BCUT2D eigenvalue weighted by atomic mass is 9.87. The summed E-state index contributed by atoms with van der Waals surface area (Å²) in [7, 11) is 0. The largest absolute Gasteiger partial charge is 0.484 e. The van der Waals surface area contributed by atoms with E-state index in [-0.39, 0.29) is 24.0 Å². The standard InChI is InChI=1S/C24H34N2O2/c1-6-26(7-2)22(19-11-9-8-10-12-19)17-25-23(27)18-28-21-15-13-20(14-16-21)24(3,4)5/h8-16,22H,6-7,17-18H2,1-5H3,(H,25,27)/t22-/m0/s1. The van der Waals surface area contributed by atoms with E-state index >= 15 is 0 Å². The summed E-state index contributed by atoms with van der Waals surface area (Å²) in [5.74, 6) is 0.611. The molecule has 28 heavy (non-hydrogen) atoms. The molecule has 2 aromatic rings. The summed E-state index contributed by atoms with van der Waals surface area (Å²) in [6.07, 6.45) is 0. The number of nitrogens with one attached hydrogen (secondary N) is 1. The fraction of sp³-hybridized carbons (Fsp3) is 0.458. The highest BCUT2D eigenvalue weighted by Crippen LogP contribution is 2.24. The van der Waals surface area contributed by atoms with Crippen molar-refractivity contribution in [3.05, 3.63) is 65.7 Å². The Kier molecular flexibility index (Phi) is 8.06. The highest BCUT2D eigenvalue weighted by molar-refractivity contribution is 5.77. The van der Waals surface area contributed by atoms with Gasteiger partial charge in [0.15, 0.2) is 6.61 Å². The van der Waals surface area contributed by atoms with Gasteiger partial charge in [0.05, 0.1) is 6.04 Å². The fourth-order valence-corrected chi connectivity index (χ4v) is 3.26. The van der Waals surface area contributed by atoms with Gasteiger partial charge in [-0.15, -0.1) is 0 Å². The van der Waals surface area contributed by atoms with E-state index in [1.807, 2.05) is 30.3 Å². The normalized spacial score (nSPS) is 12.6. The van der Waals surface area contributed by atoms with Crippen molar-refractivity contribution in [3.63, 3.8) is 0 Å². The molecule has 152 valence electrons. The van der Waals surface area contributed by atoms with E-state index in [0.29, 0.717) is 12.3 Å². The first-order chi connectivity index (χ1) is 13.3. The fourth-order valence-electron chi connectivity index (χ4n) is 3.26. The maximum Gasteiger partial charge on any atom is 0.258 e. The molecule has 0 heterocycles. The molecule has 0 spiro atoms. The molecule has 0 fully saturated rings. The lowest BCUT2D eigenvalue weighted by Crippen LogP contribution is -2.39. The first kappa shape index (κ1) is 22.0. The first-order valence-corrected chi connectivity index (χ1v) is 10.1. The van der Waals surface area contributed by atoms with Crippen LogP contribution in [-0.4, -0.2) is 37.0 Å². The van der Waals surface area contributed by atoms with E-state index in [4.69, 9.17) is 4.74 Å². The maximum absolute atomic E-state index is 12.3. The SMILES string of the molecule is CCN(CC)[C@@H](CNC(=O)COc1ccc(C(C)(C)C)cc1)c1ccccc1. The summed E-state index contributed by atoms with van der Waals surface area (Å²) >= 11 is 0. The summed E-state index contributed by atoms with van der Waals surface area (Å²) < 4.78 is 5.66. The molecule has 1 amide bonds. The van der Waals surface area contributed by atoms with E-state index in [9.17, 15) is 4.79 Å². The van der Waals surface area contributed by atoms with Gasteiger partial charge in [-0.3, -0.25) is 9.69 Å². The van der Waals surface area contributed by atoms with Crippen molar-refractivity contribution in [1.82, 2.24) is 10.2 Å². The van der Waals surface area contributed by atoms with Crippen molar-refractivity contribution in [1.29, 1.82) is 0 Å². The minimum atomic E-state index is -0.104. The molecule has 1 atom stereocenters. The molecule has 4 nitrogen and oxygen atoms in total. The van der Waals surface area contributed by atoms with Crippen LogP contribution in [0.2, 0.25) is 0 Å². The molecular weight excluding hydrogens is 348 g/mol. The average molecular weight is 383 g/mol. The van der Waals surface area contributed by atoms with Gasteiger partial charge < -0.3 is 10.1 Å². The Bertz CT molecular complexity index is 717. The van der Waals surface area contributed by atoms with Crippen LogP contribution in [0.15, 0.2) is 54.6 Å². The van der Waals surface area contributed by atoms with Crippen molar-refractivity contribution in [2.24, 2.45) is 0 Å². The summed E-state index contributed by atoms with van der Waals surface area (Å²) in [4.78, 5) is 14.7. The van der Waals surface area contributed by atoms with Crippen LogP contribution in [0.4, 0.5) is 0 Å². The van der Waals surface area contributed by atoms with Gasteiger partial charge in [0.2, 0.25) is 0 Å². The number of benzene rings is 2. The van der Waals surface area contributed by atoms with E-state index in [1.165, 1.54) is 11.1 Å². The van der Waals surface area contributed by atoms with Gasteiger partial charge in [0.25, 0.3) is 5.91 Å². The van der Waals surface area contributed by atoms with E-state index in [1.54, 1.807) is 0 Å². The van der Waals surface area contributed by atoms with Crippen LogP contribution in [0.5, 0.6) is 5.75 Å². The summed E-state index contributed by atoms with van der Waals surface area (Å²) in [5.41, 5.74) is 2.56. The maximum atomic E-state index is 12.3. The molecule has 4 heteroatoms. The Morgan fingerprint density at radius 2 is 1.61 bits per heavy atom. The number of ether oxygens (including phenoxy) is 1. The molecule has 0 saturated carbocycles. The highest BCUT2D eigenvalue weighted by atomic mass is 16.5. The summed E-state index contributed by atoms with van der Waals surface area (Å²) in [6.45, 7) is 13.3. The van der Waals surface area contributed by atoms with Crippen LogP contribution in [0, 0.1) is 0 Å². The lowest BCUT2D eigenvalue weighted by Gasteiger charge is -2.30. The van der Waals surface area contributed by atoms with Crippen LogP contribution in [0.3, 0.4) is 0 Å². The zero-order chi connectivity index (χ0) is 20.6. The number of rotatable bonds is 9. The van der Waals surface area contributed by atoms with Crippen molar-refractivity contribution >= 4 is 5.91 Å². The van der Waals surface area contributed by atoms with Gasteiger partial charge in [-0.05, 0) is 41.8 Å². The Labute approximate surface area is 169 Å². The number of likely N-dealkylation sites (N-methyl/N-ethyl adjacent to an activating group) is 1. The van der Waals surface area contributed by atoms with Crippen LogP contribution in [-0.2, 0) is 10.2 Å². The number of nitrogens with zero attached hydrogens (tertiary/aromatic N) is 1. The van der Waals surface area contributed by atoms with Crippen LogP contribution in [0.25, 0.3) is 0 Å². The van der Waals surface area contributed by atoms with E-state index in [0.717, 1.165) is 13.1 Å². The number of amides is 1. The van der Waals surface area contributed by atoms with E-state index in [2.05, 4.69) is 69.1 Å². The van der Waals surface area contributed by atoms with Crippen LogP contribution in [0.1, 0.15) is 51.8 Å². The second-order valence-corrected chi connectivity index (χ2v) is 8.01. The minimum Gasteiger partial charge on any atom is -0.484 e. The molecule has 0 aromatic heterocycles. The molecule has 0 saturated heterocycles. The highest BCUT2D eigenvalue weighted by Gasteiger charge is 2.19. The van der Waals surface area contributed by atoms with E-state index < -0.39 is 0 Å². The smallest absolute Gasteiger partial charge is 0.258 e. The third-order valence-corrected chi connectivity index (χ3v) is 5.02. The Morgan fingerprint density at radius 1 is 1.00 bits per heavy atom. The zero-order valence-corrected chi connectivity index (χ0v) is 17.9. The molecule has 0 bridgehead atoms. The molecular formula is C24H34N2O2. The van der Waals surface area contributed by atoms with Crippen molar-refractivity contribution < 1.29 is 9.53 Å². The van der Waals surface area contributed by atoms with Gasteiger partial charge in [0, 0.05) is 6.54 Å². The summed E-state index contributed by atoms with van der Waals surface area (Å²) in [5, 5.41) is 3.03. The van der Waals surface area contributed by atoms with Crippen LogP contribution >= 0.6 is 0 Å². The van der Waals surface area contributed by atoms with Crippen molar-refractivity contribution in [2.45, 2.75) is 46.1 Å². The van der Waals surface area contributed by atoms with Crippen molar-refractivity contribution in [2.75, 3.05) is 26.2 Å². The van der Waals surface area contributed by atoms with Crippen molar-refractivity contribution in [3.8, 4) is 5.75 Å². The second kappa shape index (κ2) is 10.3. The van der Waals surface area contributed by atoms with Gasteiger partial charge in [0.1, 0.15) is 5.75 Å². The minimum absolute atomic E-state index is 0.0224. The molecule has 0 aliphatic heterocycles. The molecule has 0 unspecified atom stereocenters. The lowest BCUT2D eigenvalue weighted by molar-refractivity contribution is -0.123. The molecule has 2 aromatic carbocycles. The topological polar surface area (TPSA) is 41.6 Å². The zero-order valence-electron chi connectivity index (χ0n) is 17.9. The first-order valence-electron chi connectivity index (χ1n) is 10.1. The predicted octanol–water partition coefficient (Wildman–Crippen LogP) is 4.56. The third-order valence-electron chi connectivity index (χ3n) is 5.02. The number of hydrogen-bond acceptors (Lipinski definition) is 3. The quantitative estimate of drug-likeness (QED) is 0.691. The Morgan fingerprint density at radius 3 is 2.14 bits per heavy atom. The second-order valence-electron chi connectivity index (χ2n) is 8.01. The Hall–Kier alpha value is -2.33. The van der Waals surface area contributed by atoms with Gasteiger partial charge in [-0.25, -0.2) is 0 Å². The average Bonchev–Trinajstić information content (AvgIpc) is 2.70. The molecule has 0 aliphatic rings. The monoisotopic (exact) mass is 382 g/mol. The number of hydrogen-bond donors (Lipinski definition) is 1.